The van der Waals surface area contributed by atoms with Crippen molar-refractivity contribution in [1.82, 2.24) is 0 Å². The van der Waals surface area contributed by atoms with Gasteiger partial charge < -0.3 is 19.7 Å². The number of carbonyl (C=O) groups excluding carboxylic acids is 1. The number of carbonyl (C=O) groups is 1. The standard InChI is InChI=1S/C21H23ClN2O3/c1-14-4-6-17(16(22)11-14)23-21(25)13-24-8-2-3-18(24)15-5-7-19-20(12-15)27-10-9-26-19/h4-7,11-12,18H,2-3,8-10,13H2,1H3,(H,23,25)/p+1/t18-/m0/s1. The minimum atomic E-state index is -0.0137. The smallest absolute Gasteiger partial charge is 0.279 e. The summed E-state index contributed by atoms with van der Waals surface area (Å²) in [5, 5.41) is 3.52. The molecule has 0 saturated carbocycles. The second kappa shape index (κ2) is 7.79. The molecule has 2 aliphatic rings. The molecule has 1 unspecified atom stereocenters. The van der Waals surface area contributed by atoms with Crippen LogP contribution in [0.25, 0.3) is 0 Å². The number of nitrogens with one attached hydrogen (secondary N) is 2. The Morgan fingerprint density at radius 3 is 2.81 bits per heavy atom. The molecule has 1 amide bonds. The summed E-state index contributed by atoms with van der Waals surface area (Å²) in [5.41, 5.74) is 2.94. The van der Waals surface area contributed by atoms with Crippen LogP contribution in [0.15, 0.2) is 36.4 Å². The first-order chi connectivity index (χ1) is 13.1. The van der Waals surface area contributed by atoms with Gasteiger partial charge in [0.15, 0.2) is 18.0 Å². The van der Waals surface area contributed by atoms with Crippen LogP contribution in [-0.4, -0.2) is 32.2 Å². The molecule has 0 bridgehead atoms. The number of rotatable bonds is 4. The fourth-order valence-corrected chi connectivity index (χ4v) is 4.21. The van der Waals surface area contributed by atoms with E-state index in [1.54, 1.807) is 0 Å². The number of ether oxygens (including phenoxy) is 2. The van der Waals surface area contributed by atoms with Crippen molar-refractivity contribution in [3.05, 3.63) is 52.5 Å². The van der Waals surface area contributed by atoms with Crippen molar-refractivity contribution in [2.24, 2.45) is 0 Å². The summed E-state index contributed by atoms with van der Waals surface area (Å²) >= 11 is 6.23. The van der Waals surface area contributed by atoms with Crippen LogP contribution in [0.5, 0.6) is 11.5 Å². The zero-order valence-electron chi connectivity index (χ0n) is 15.4. The van der Waals surface area contributed by atoms with Gasteiger partial charge in [0.05, 0.1) is 17.3 Å². The fourth-order valence-electron chi connectivity index (χ4n) is 3.92. The molecule has 1 saturated heterocycles. The van der Waals surface area contributed by atoms with Gasteiger partial charge in [-0.3, -0.25) is 4.79 Å². The predicted octanol–water partition coefficient (Wildman–Crippen LogP) is 2.78. The van der Waals surface area contributed by atoms with Gasteiger partial charge in [0.25, 0.3) is 5.91 Å². The molecule has 0 spiro atoms. The summed E-state index contributed by atoms with van der Waals surface area (Å²) in [6.45, 7) is 4.55. The molecule has 2 aliphatic heterocycles. The Morgan fingerprint density at radius 1 is 1.19 bits per heavy atom. The van der Waals surface area contributed by atoms with Crippen molar-refractivity contribution in [2.75, 3.05) is 31.6 Å². The van der Waals surface area contributed by atoms with Crippen molar-refractivity contribution >= 4 is 23.2 Å². The van der Waals surface area contributed by atoms with Crippen LogP contribution in [0.4, 0.5) is 5.69 Å². The highest BCUT2D eigenvalue weighted by atomic mass is 35.5. The minimum Gasteiger partial charge on any atom is -0.486 e. The summed E-state index contributed by atoms with van der Waals surface area (Å²) in [6, 6.07) is 12.1. The molecule has 5 nitrogen and oxygen atoms in total. The number of benzene rings is 2. The van der Waals surface area contributed by atoms with E-state index >= 15 is 0 Å². The number of hydrogen-bond donors (Lipinski definition) is 2. The number of likely N-dealkylation sites (tertiary alicyclic amines) is 1. The molecule has 1 fully saturated rings. The average Bonchev–Trinajstić information content (AvgIpc) is 3.11. The van der Waals surface area contributed by atoms with Gasteiger partial charge in [-0.1, -0.05) is 17.7 Å². The number of halogens is 1. The molecular formula is C21H24ClN2O3+. The number of quaternary nitrogens is 1. The number of fused-ring (bicyclic) bond motifs is 1. The van der Waals surface area contributed by atoms with E-state index in [1.165, 1.54) is 10.5 Å². The lowest BCUT2D eigenvalue weighted by atomic mass is 10.0. The lowest BCUT2D eigenvalue weighted by molar-refractivity contribution is -0.910. The Hall–Kier alpha value is -2.24. The van der Waals surface area contributed by atoms with Gasteiger partial charge in [-0.15, -0.1) is 0 Å². The van der Waals surface area contributed by atoms with Gasteiger partial charge in [-0.25, -0.2) is 0 Å². The van der Waals surface area contributed by atoms with Gasteiger partial charge in [-0.05, 0) is 42.8 Å². The monoisotopic (exact) mass is 387 g/mol. The maximum atomic E-state index is 12.6. The zero-order valence-corrected chi connectivity index (χ0v) is 16.1. The first-order valence-corrected chi connectivity index (χ1v) is 9.78. The van der Waals surface area contributed by atoms with Crippen LogP contribution < -0.4 is 19.7 Å². The quantitative estimate of drug-likeness (QED) is 0.848. The Labute approximate surface area is 164 Å². The number of amides is 1. The molecule has 2 heterocycles. The maximum Gasteiger partial charge on any atom is 0.279 e. The Kier molecular flexibility index (Phi) is 5.23. The van der Waals surface area contributed by atoms with Crippen molar-refractivity contribution in [3.8, 4) is 11.5 Å². The van der Waals surface area contributed by atoms with Gasteiger partial charge in [0.2, 0.25) is 0 Å². The molecule has 2 atom stereocenters. The summed E-state index contributed by atoms with van der Waals surface area (Å²) in [4.78, 5) is 13.9. The third-order valence-electron chi connectivity index (χ3n) is 5.24. The van der Waals surface area contributed by atoms with Crippen LogP contribution >= 0.6 is 11.6 Å². The average molecular weight is 388 g/mol. The number of aryl methyl sites for hydroxylation is 1. The van der Waals surface area contributed by atoms with E-state index in [1.807, 2.05) is 31.2 Å². The van der Waals surface area contributed by atoms with Crippen LogP contribution in [0.2, 0.25) is 5.02 Å². The van der Waals surface area contributed by atoms with Crippen LogP contribution in [0.3, 0.4) is 0 Å². The highest BCUT2D eigenvalue weighted by Gasteiger charge is 2.32. The highest BCUT2D eigenvalue weighted by Crippen LogP contribution is 2.33. The van der Waals surface area contributed by atoms with Crippen molar-refractivity contribution in [3.63, 3.8) is 0 Å². The Balaban J connectivity index is 1.44. The molecular weight excluding hydrogens is 364 g/mol. The molecule has 0 radical (unpaired) electrons. The lowest BCUT2D eigenvalue weighted by Gasteiger charge is -2.24. The predicted molar refractivity (Wildman–Crippen MR) is 105 cm³/mol. The molecule has 2 aromatic carbocycles. The third-order valence-corrected chi connectivity index (χ3v) is 5.55. The Morgan fingerprint density at radius 2 is 2.00 bits per heavy atom. The van der Waals surface area contributed by atoms with Crippen LogP contribution in [0, 0.1) is 6.92 Å². The second-order valence-electron chi connectivity index (χ2n) is 7.21. The van der Waals surface area contributed by atoms with Crippen molar-refractivity contribution in [2.45, 2.75) is 25.8 Å². The maximum absolute atomic E-state index is 12.6. The second-order valence-corrected chi connectivity index (χ2v) is 7.62. The van der Waals surface area contributed by atoms with E-state index in [9.17, 15) is 4.79 Å². The van der Waals surface area contributed by atoms with Gasteiger partial charge in [0.1, 0.15) is 19.3 Å². The molecule has 142 valence electrons. The van der Waals surface area contributed by atoms with Crippen molar-refractivity contribution in [1.29, 1.82) is 0 Å². The summed E-state index contributed by atoms with van der Waals surface area (Å²) < 4.78 is 11.3. The lowest BCUT2D eigenvalue weighted by Crippen LogP contribution is -3.11. The topological polar surface area (TPSA) is 52.0 Å². The molecule has 27 heavy (non-hydrogen) atoms. The van der Waals surface area contributed by atoms with Crippen molar-refractivity contribution < 1.29 is 19.2 Å². The number of anilines is 1. The van der Waals surface area contributed by atoms with E-state index in [2.05, 4.69) is 17.4 Å². The highest BCUT2D eigenvalue weighted by molar-refractivity contribution is 6.33. The van der Waals surface area contributed by atoms with Gasteiger partial charge in [-0.2, -0.15) is 0 Å². The first kappa shape index (κ1) is 18.1. The SMILES string of the molecule is Cc1ccc(NC(=O)C[NH+]2CCC[C@H]2c2ccc3c(c2)OCCO3)c(Cl)c1. The molecule has 0 aromatic heterocycles. The summed E-state index contributed by atoms with van der Waals surface area (Å²) in [6.07, 6.45) is 2.17. The van der Waals surface area contributed by atoms with E-state index in [0.29, 0.717) is 36.5 Å². The third kappa shape index (κ3) is 4.04. The molecule has 4 rings (SSSR count). The number of hydrogen-bond acceptors (Lipinski definition) is 3. The van der Waals surface area contributed by atoms with Crippen LogP contribution in [0.1, 0.15) is 30.0 Å². The van der Waals surface area contributed by atoms with Gasteiger partial charge in [0, 0.05) is 18.4 Å². The van der Waals surface area contributed by atoms with Crippen LogP contribution in [-0.2, 0) is 4.79 Å². The van der Waals surface area contributed by atoms with E-state index in [0.717, 1.165) is 36.4 Å². The van der Waals surface area contributed by atoms with E-state index < -0.39 is 0 Å². The molecule has 0 aliphatic carbocycles. The summed E-state index contributed by atoms with van der Waals surface area (Å²) in [5.74, 6) is 1.59. The fraction of sp³-hybridized carbons (Fsp3) is 0.381. The minimum absolute atomic E-state index is 0.0137. The normalized spacial score (nSPS) is 21.1. The molecule has 6 heteroatoms. The van der Waals surface area contributed by atoms with Gasteiger partial charge >= 0.3 is 0 Å². The molecule has 2 N–H and O–H groups in total. The zero-order chi connectivity index (χ0) is 18.8. The largest absolute Gasteiger partial charge is 0.486 e. The van der Waals surface area contributed by atoms with E-state index in [4.69, 9.17) is 21.1 Å². The van der Waals surface area contributed by atoms with E-state index in [-0.39, 0.29) is 5.91 Å². The summed E-state index contributed by atoms with van der Waals surface area (Å²) in [7, 11) is 0. The Bertz CT molecular complexity index is 855. The first-order valence-electron chi connectivity index (χ1n) is 9.40. The molecule has 2 aromatic rings.